The van der Waals surface area contributed by atoms with Crippen molar-refractivity contribution in [1.29, 1.82) is 5.26 Å². The van der Waals surface area contributed by atoms with Crippen molar-refractivity contribution in [1.82, 2.24) is 10.2 Å². The van der Waals surface area contributed by atoms with Gasteiger partial charge >= 0.3 is 0 Å². The normalized spacial score (nSPS) is 15.0. The standard InChI is InChI=1S/C19H21N5O/c20-13-14-7-9-16(10-8-14)22-19(25)17-11-12-18(24-23-17)21-15-5-3-1-2-4-6-15/h7-12,15H,1-6H2,(H,21,24)(H,22,25). The maximum atomic E-state index is 12.2. The highest BCUT2D eigenvalue weighted by atomic mass is 16.1. The summed E-state index contributed by atoms with van der Waals surface area (Å²) in [5.74, 6) is 0.389. The number of carbonyl (C=O) groups is 1. The smallest absolute Gasteiger partial charge is 0.276 e. The lowest BCUT2D eigenvalue weighted by molar-refractivity contribution is 0.102. The van der Waals surface area contributed by atoms with Crippen molar-refractivity contribution < 1.29 is 4.79 Å². The Labute approximate surface area is 147 Å². The molecule has 0 bridgehead atoms. The van der Waals surface area contributed by atoms with Gasteiger partial charge in [-0.15, -0.1) is 10.2 Å². The Kier molecular flexibility index (Phi) is 5.57. The molecule has 25 heavy (non-hydrogen) atoms. The van der Waals surface area contributed by atoms with Crippen LogP contribution in [0.2, 0.25) is 0 Å². The second kappa shape index (κ2) is 8.25. The quantitative estimate of drug-likeness (QED) is 0.831. The molecule has 1 heterocycles. The van der Waals surface area contributed by atoms with Crippen LogP contribution in [-0.4, -0.2) is 22.1 Å². The van der Waals surface area contributed by atoms with Gasteiger partial charge in [0.05, 0.1) is 11.6 Å². The highest BCUT2D eigenvalue weighted by Crippen LogP contribution is 2.20. The lowest BCUT2D eigenvalue weighted by atomic mass is 10.1. The summed E-state index contributed by atoms with van der Waals surface area (Å²) < 4.78 is 0. The first-order chi connectivity index (χ1) is 12.2. The number of carbonyl (C=O) groups excluding carboxylic acids is 1. The first-order valence-corrected chi connectivity index (χ1v) is 8.66. The Balaban J connectivity index is 1.58. The average molecular weight is 335 g/mol. The van der Waals surface area contributed by atoms with E-state index in [2.05, 4.69) is 20.8 Å². The lowest BCUT2D eigenvalue weighted by Gasteiger charge is -2.16. The number of benzene rings is 1. The van der Waals surface area contributed by atoms with Gasteiger partial charge in [-0.25, -0.2) is 0 Å². The second-order valence-electron chi connectivity index (χ2n) is 6.28. The molecule has 1 aliphatic carbocycles. The molecule has 6 nitrogen and oxygen atoms in total. The van der Waals surface area contributed by atoms with E-state index < -0.39 is 0 Å². The van der Waals surface area contributed by atoms with Crippen molar-refractivity contribution in [2.45, 2.75) is 44.6 Å². The van der Waals surface area contributed by atoms with Gasteiger partial charge in [-0.1, -0.05) is 25.7 Å². The fraction of sp³-hybridized carbons (Fsp3) is 0.368. The van der Waals surface area contributed by atoms with Crippen molar-refractivity contribution in [3.63, 3.8) is 0 Å². The number of anilines is 2. The number of aromatic nitrogens is 2. The molecule has 2 aromatic rings. The summed E-state index contributed by atoms with van der Waals surface area (Å²) in [5.41, 5.74) is 1.42. The molecule has 0 aliphatic heterocycles. The number of nitriles is 1. The van der Waals surface area contributed by atoms with E-state index in [0.717, 1.165) is 12.8 Å². The van der Waals surface area contributed by atoms with Crippen LogP contribution in [0.1, 0.15) is 54.6 Å². The molecular weight excluding hydrogens is 314 g/mol. The molecule has 128 valence electrons. The molecule has 3 rings (SSSR count). The Hall–Kier alpha value is -2.94. The van der Waals surface area contributed by atoms with Crippen LogP contribution < -0.4 is 10.6 Å². The average Bonchev–Trinajstić information content (AvgIpc) is 2.91. The number of rotatable bonds is 4. The molecule has 0 radical (unpaired) electrons. The first-order valence-electron chi connectivity index (χ1n) is 8.66. The Bertz CT molecular complexity index is 741. The minimum absolute atomic E-state index is 0.260. The topological polar surface area (TPSA) is 90.7 Å². The number of nitrogens with one attached hydrogen (secondary N) is 2. The molecule has 1 aliphatic rings. The summed E-state index contributed by atoms with van der Waals surface area (Å²) in [7, 11) is 0. The SMILES string of the molecule is N#Cc1ccc(NC(=O)c2ccc(NC3CCCCCC3)nn2)cc1. The maximum absolute atomic E-state index is 12.2. The van der Waals surface area contributed by atoms with E-state index in [4.69, 9.17) is 5.26 Å². The molecule has 6 heteroatoms. The van der Waals surface area contributed by atoms with Crippen molar-refractivity contribution >= 4 is 17.4 Å². The fourth-order valence-corrected chi connectivity index (χ4v) is 2.99. The van der Waals surface area contributed by atoms with Crippen molar-refractivity contribution in [2.24, 2.45) is 0 Å². The Morgan fingerprint density at radius 1 is 1.00 bits per heavy atom. The van der Waals surface area contributed by atoms with Gasteiger partial charge in [0.1, 0.15) is 5.82 Å². The molecule has 1 aromatic carbocycles. The molecular formula is C19H21N5O. The first kappa shape index (κ1) is 16.9. The van der Waals surface area contributed by atoms with Crippen LogP contribution in [0.5, 0.6) is 0 Å². The molecule has 0 unspecified atom stereocenters. The molecule has 0 atom stereocenters. The zero-order valence-electron chi connectivity index (χ0n) is 14.0. The maximum Gasteiger partial charge on any atom is 0.276 e. The van der Waals surface area contributed by atoms with Gasteiger partial charge in [0.15, 0.2) is 5.69 Å². The summed E-state index contributed by atoms with van der Waals surface area (Å²) in [6.07, 6.45) is 7.41. The third-order valence-electron chi connectivity index (χ3n) is 4.38. The summed E-state index contributed by atoms with van der Waals surface area (Å²) in [6, 6.07) is 12.6. The van der Waals surface area contributed by atoms with E-state index in [0.29, 0.717) is 23.1 Å². The summed E-state index contributed by atoms with van der Waals surface area (Å²) in [5, 5.41) is 23.1. The van der Waals surface area contributed by atoms with Crippen LogP contribution in [-0.2, 0) is 0 Å². The van der Waals surface area contributed by atoms with Crippen LogP contribution in [0.3, 0.4) is 0 Å². The van der Waals surface area contributed by atoms with Gasteiger partial charge in [-0.2, -0.15) is 5.26 Å². The van der Waals surface area contributed by atoms with Crippen LogP contribution in [0, 0.1) is 11.3 Å². The van der Waals surface area contributed by atoms with Gasteiger partial charge < -0.3 is 10.6 Å². The lowest BCUT2D eigenvalue weighted by Crippen LogP contribution is -2.20. The van der Waals surface area contributed by atoms with Gasteiger partial charge in [0.25, 0.3) is 5.91 Å². The molecule has 2 N–H and O–H groups in total. The zero-order chi connectivity index (χ0) is 17.5. The molecule has 0 spiro atoms. The Morgan fingerprint density at radius 3 is 2.32 bits per heavy atom. The number of nitrogens with zero attached hydrogens (tertiary/aromatic N) is 3. The van der Waals surface area contributed by atoms with Gasteiger partial charge in [-0.05, 0) is 49.2 Å². The predicted octanol–water partition coefficient (Wildman–Crippen LogP) is 3.74. The van der Waals surface area contributed by atoms with Crippen molar-refractivity contribution in [2.75, 3.05) is 10.6 Å². The summed E-state index contributed by atoms with van der Waals surface area (Å²) in [6.45, 7) is 0. The largest absolute Gasteiger partial charge is 0.366 e. The molecule has 1 fully saturated rings. The highest BCUT2D eigenvalue weighted by molar-refractivity contribution is 6.02. The van der Waals surface area contributed by atoms with Gasteiger partial charge in [-0.3, -0.25) is 4.79 Å². The highest BCUT2D eigenvalue weighted by Gasteiger charge is 2.13. The summed E-state index contributed by atoms with van der Waals surface area (Å²) in [4.78, 5) is 12.2. The minimum Gasteiger partial charge on any atom is -0.366 e. The molecule has 0 saturated heterocycles. The van der Waals surface area contributed by atoms with Gasteiger partial charge in [0.2, 0.25) is 0 Å². The predicted molar refractivity (Wildman–Crippen MR) is 96.3 cm³/mol. The second-order valence-corrected chi connectivity index (χ2v) is 6.28. The van der Waals surface area contributed by atoms with E-state index in [1.54, 1.807) is 36.4 Å². The van der Waals surface area contributed by atoms with Crippen LogP contribution >= 0.6 is 0 Å². The van der Waals surface area contributed by atoms with E-state index in [1.807, 2.05) is 6.07 Å². The van der Waals surface area contributed by atoms with Crippen LogP contribution in [0.25, 0.3) is 0 Å². The van der Waals surface area contributed by atoms with Crippen LogP contribution in [0.15, 0.2) is 36.4 Å². The zero-order valence-corrected chi connectivity index (χ0v) is 14.0. The third kappa shape index (κ3) is 4.77. The van der Waals surface area contributed by atoms with Crippen molar-refractivity contribution in [3.05, 3.63) is 47.7 Å². The monoisotopic (exact) mass is 335 g/mol. The Morgan fingerprint density at radius 2 is 1.72 bits per heavy atom. The third-order valence-corrected chi connectivity index (χ3v) is 4.38. The number of hydrogen-bond acceptors (Lipinski definition) is 5. The van der Waals surface area contributed by atoms with E-state index in [9.17, 15) is 4.79 Å². The molecule has 1 amide bonds. The summed E-state index contributed by atoms with van der Waals surface area (Å²) >= 11 is 0. The van der Waals surface area contributed by atoms with Crippen molar-refractivity contribution in [3.8, 4) is 6.07 Å². The number of amides is 1. The minimum atomic E-state index is -0.321. The number of hydrogen-bond donors (Lipinski definition) is 2. The van der Waals surface area contributed by atoms with Crippen LogP contribution in [0.4, 0.5) is 11.5 Å². The van der Waals surface area contributed by atoms with E-state index >= 15 is 0 Å². The van der Waals surface area contributed by atoms with Gasteiger partial charge in [0, 0.05) is 11.7 Å². The molecule has 1 aromatic heterocycles. The van der Waals surface area contributed by atoms with E-state index in [-0.39, 0.29) is 11.6 Å². The fourth-order valence-electron chi connectivity index (χ4n) is 2.99. The molecule has 1 saturated carbocycles. The van der Waals surface area contributed by atoms with E-state index in [1.165, 1.54) is 25.7 Å².